The van der Waals surface area contributed by atoms with Gasteiger partial charge in [-0.2, -0.15) is 4.31 Å². The number of amides is 1. The second-order valence-corrected chi connectivity index (χ2v) is 9.44. The van der Waals surface area contributed by atoms with Crippen molar-refractivity contribution < 1.29 is 13.2 Å². The number of nitrogens with zero attached hydrogens (tertiary/aromatic N) is 2. The Bertz CT molecular complexity index is 933. The fourth-order valence-electron chi connectivity index (χ4n) is 3.86. The van der Waals surface area contributed by atoms with E-state index in [1.807, 2.05) is 30.3 Å². The number of piperidine rings is 1. The number of sulfonamides is 1. The Hall–Kier alpha value is -1.96. The number of rotatable bonds is 8. The summed E-state index contributed by atoms with van der Waals surface area (Å²) in [6, 6.07) is 13.0. The summed E-state index contributed by atoms with van der Waals surface area (Å²) in [6.45, 7) is 8.39. The van der Waals surface area contributed by atoms with E-state index in [1.165, 1.54) is 4.31 Å². The van der Waals surface area contributed by atoms with Crippen LogP contribution in [0.5, 0.6) is 0 Å². The number of carbonyl (C=O) groups excluding carboxylic acids is 1. The molecule has 0 atom stereocenters. The van der Waals surface area contributed by atoms with Crippen molar-refractivity contribution in [2.45, 2.75) is 31.6 Å². The molecule has 0 unspecified atom stereocenters. The van der Waals surface area contributed by atoms with Gasteiger partial charge in [0, 0.05) is 32.1 Å². The van der Waals surface area contributed by atoms with Crippen molar-refractivity contribution in [2.75, 3.05) is 39.3 Å². The van der Waals surface area contributed by atoms with Crippen LogP contribution in [0.4, 0.5) is 0 Å². The van der Waals surface area contributed by atoms with Gasteiger partial charge in [-0.05, 0) is 48.8 Å². The van der Waals surface area contributed by atoms with Gasteiger partial charge >= 0.3 is 0 Å². The summed E-state index contributed by atoms with van der Waals surface area (Å²) in [5.41, 5.74) is 0. The van der Waals surface area contributed by atoms with E-state index >= 15 is 0 Å². The molecule has 3 rings (SSSR count). The maximum absolute atomic E-state index is 13.0. The maximum Gasteiger partial charge on any atom is 0.243 e. The third-order valence-corrected chi connectivity index (χ3v) is 7.70. The summed E-state index contributed by atoms with van der Waals surface area (Å²) in [5.74, 6) is -0.0744. The molecule has 1 N–H and O–H groups in total. The molecule has 7 heteroatoms. The lowest BCUT2D eigenvalue weighted by Crippen LogP contribution is -2.44. The van der Waals surface area contributed by atoms with Gasteiger partial charge in [-0.15, -0.1) is 0 Å². The van der Waals surface area contributed by atoms with Crippen molar-refractivity contribution >= 4 is 26.7 Å². The van der Waals surface area contributed by atoms with Crippen molar-refractivity contribution in [2.24, 2.45) is 5.92 Å². The fourth-order valence-corrected chi connectivity index (χ4v) is 5.36. The van der Waals surface area contributed by atoms with E-state index in [2.05, 4.69) is 24.1 Å². The molecule has 6 nitrogen and oxygen atoms in total. The molecule has 2 aromatic carbocycles. The van der Waals surface area contributed by atoms with Gasteiger partial charge in [-0.1, -0.05) is 44.2 Å². The number of nitrogens with one attached hydrogen (secondary N) is 1. The van der Waals surface area contributed by atoms with Gasteiger partial charge in [0.1, 0.15) is 0 Å². The number of fused-ring (bicyclic) bond motifs is 1. The summed E-state index contributed by atoms with van der Waals surface area (Å²) in [7, 11) is -3.54. The van der Waals surface area contributed by atoms with Gasteiger partial charge in [0.15, 0.2) is 0 Å². The van der Waals surface area contributed by atoms with Crippen molar-refractivity contribution in [1.29, 1.82) is 0 Å². The van der Waals surface area contributed by atoms with Crippen LogP contribution in [0.2, 0.25) is 0 Å². The normalized spacial score (nSPS) is 16.4. The van der Waals surface area contributed by atoms with Crippen LogP contribution in [0, 0.1) is 5.92 Å². The molecule has 1 heterocycles. The average molecular weight is 418 g/mol. The zero-order valence-electron chi connectivity index (χ0n) is 17.3. The van der Waals surface area contributed by atoms with Crippen LogP contribution < -0.4 is 5.32 Å². The summed E-state index contributed by atoms with van der Waals surface area (Å²) in [4.78, 5) is 15.0. The third kappa shape index (κ3) is 5.15. The van der Waals surface area contributed by atoms with Crippen molar-refractivity contribution in [1.82, 2.24) is 14.5 Å². The largest absolute Gasteiger partial charge is 0.355 e. The van der Waals surface area contributed by atoms with Crippen LogP contribution in [0.15, 0.2) is 47.4 Å². The van der Waals surface area contributed by atoms with Crippen LogP contribution in [0.3, 0.4) is 0 Å². The molecule has 0 radical (unpaired) electrons. The molecule has 29 heavy (non-hydrogen) atoms. The molecule has 0 spiro atoms. The highest BCUT2D eigenvalue weighted by molar-refractivity contribution is 7.89. The van der Waals surface area contributed by atoms with E-state index in [1.54, 1.807) is 12.1 Å². The van der Waals surface area contributed by atoms with Gasteiger partial charge in [0.05, 0.1) is 4.90 Å². The first-order valence-corrected chi connectivity index (χ1v) is 11.9. The highest BCUT2D eigenvalue weighted by Gasteiger charge is 2.32. The van der Waals surface area contributed by atoms with Crippen LogP contribution in [-0.2, 0) is 14.8 Å². The second-order valence-electron chi connectivity index (χ2n) is 7.51. The molecule has 1 amide bonds. The number of carbonyl (C=O) groups is 1. The van der Waals surface area contributed by atoms with E-state index in [-0.39, 0.29) is 11.8 Å². The Morgan fingerprint density at radius 2 is 1.72 bits per heavy atom. The Kier molecular flexibility index (Phi) is 7.27. The molecule has 1 saturated heterocycles. The molecule has 158 valence electrons. The van der Waals surface area contributed by atoms with E-state index in [0.717, 1.165) is 30.4 Å². The van der Waals surface area contributed by atoms with Crippen molar-refractivity contribution in [3.63, 3.8) is 0 Å². The average Bonchev–Trinajstić information content (AvgIpc) is 2.76. The Balaban J connectivity index is 1.57. The van der Waals surface area contributed by atoms with Crippen LogP contribution in [0.1, 0.15) is 26.7 Å². The Morgan fingerprint density at radius 1 is 1.07 bits per heavy atom. The van der Waals surface area contributed by atoms with Gasteiger partial charge in [0.25, 0.3) is 0 Å². The maximum atomic E-state index is 13.0. The molecule has 0 saturated carbocycles. The minimum absolute atomic E-state index is 0.0416. The molecule has 2 aromatic rings. The highest BCUT2D eigenvalue weighted by Crippen LogP contribution is 2.26. The first kappa shape index (κ1) is 21.7. The van der Waals surface area contributed by atoms with Crippen molar-refractivity contribution in [3.05, 3.63) is 42.5 Å². The van der Waals surface area contributed by atoms with E-state index in [0.29, 0.717) is 37.4 Å². The van der Waals surface area contributed by atoms with Crippen LogP contribution in [0.25, 0.3) is 10.8 Å². The number of likely N-dealkylation sites (N-methyl/N-ethyl adjacent to an activating group) is 1. The molecule has 1 aliphatic rings. The number of hydrogen-bond donors (Lipinski definition) is 1. The minimum Gasteiger partial charge on any atom is -0.355 e. The fraction of sp³-hybridized carbons (Fsp3) is 0.500. The second kappa shape index (κ2) is 9.69. The van der Waals surface area contributed by atoms with E-state index in [4.69, 9.17) is 0 Å². The summed E-state index contributed by atoms with van der Waals surface area (Å²) < 4.78 is 27.6. The van der Waals surface area contributed by atoms with E-state index in [9.17, 15) is 13.2 Å². The summed E-state index contributed by atoms with van der Waals surface area (Å²) in [6.07, 6.45) is 1.12. The van der Waals surface area contributed by atoms with Gasteiger partial charge in [-0.3, -0.25) is 4.79 Å². The molecule has 0 aromatic heterocycles. The first-order valence-electron chi connectivity index (χ1n) is 10.4. The molecular weight excluding hydrogens is 386 g/mol. The van der Waals surface area contributed by atoms with Gasteiger partial charge < -0.3 is 10.2 Å². The molecule has 1 aliphatic heterocycles. The minimum atomic E-state index is -3.54. The zero-order valence-corrected chi connectivity index (χ0v) is 18.1. The predicted octanol–water partition coefficient (Wildman–Crippen LogP) is 2.70. The predicted molar refractivity (Wildman–Crippen MR) is 116 cm³/mol. The smallest absolute Gasteiger partial charge is 0.243 e. The standard InChI is InChI=1S/C22H31N3O3S/c1-3-24(4-2)16-13-23-22(26)19-11-14-25(15-12-19)29(27,28)21-10-9-18-7-5-6-8-20(18)17-21/h5-10,17,19H,3-4,11-16H2,1-2H3,(H,23,26). The van der Waals surface area contributed by atoms with Gasteiger partial charge in [0.2, 0.25) is 15.9 Å². The molecule has 0 bridgehead atoms. The number of hydrogen-bond acceptors (Lipinski definition) is 4. The number of benzene rings is 2. The first-order chi connectivity index (χ1) is 14.0. The quantitative estimate of drug-likeness (QED) is 0.717. The highest BCUT2D eigenvalue weighted by atomic mass is 32.2. The molecule has 0 aliphatic carbocycles. The summed E-state index contributed by atoms with van der Waals surface area (Å²) in [5, 5.41) is 4.94. The Labute approximate surface area is 173 Å². The van der Waals surface area contributed by atoms with Crippen LogP contribution >= 0.6 is 0 Å². The Morgan fingerprint density at radius 3 is 2.38 bits per heavy atom. The SMILES string of the molecule is CCN(CC)CCNC(=O)C1CCN(S(=O)(=O)c2ccc3ccccc3c2)CC1. The lowest BCUT2D eigenvalue weighted by Gasteiger charge is -2.30. The molecule has 1 fully saturated rings. The van der Waals surface area contributed by atoms with Crippen LogP contribution in [-0.4, -0.2) is 62.8 Å². The van der Waals surface area contributed by atoms with E-state index < -0.39 is 10.0 Å². The van der Waals surface area contributed by atoms with Crippen molar-refractivity contribution in [3.8, 4) is 0 Å². The lowest BCUT2D eigenvalue weighted by molar-refractivity contribution is -0.126. The summed E-state index contributed by atoms with van der Waals surface area (Å²) >= 11 is 0. The zero-order chi connectivity index (χ0) is 20.9. The third-order valence-electron chi connectivity index (χ3n) is 5.81. The van der Waals surface area contributed by atoms with Gasteiger partial charge in [-0.25, -0.2) is 8.42 Å². The topological polar surface area (TPSA) is 69.7 Å². The monoisotopic (exact) mass is 417 g/mol. The molecular formula is C22H31N3O3S. The lowest BCUT2D eigenvalue weighted by atomic mass is 9.97.